The molecule has 0 saturated heterocycles. The third-order valence-electron chi connectivity index (χ3n) is 3.17. The van der Waals surface area contributed by atoms with Gasteiger partial charge in [0.15, 0.2) is 0 Å². The summed E-state index contributed by atoms with van der Waals surface area (Å²) in [4.78, 5) is 4.55. The predicted octanol–water partition coefficient (Wildman–Crippen LogP) is 3.42. The normalized spacial score (nSPS) is 10.8. The number of aryl methyl sites for hydroxylation is 1. The highest BCUT2D eigenvalue weighted by molar-refractivity contribution is 5.75. The maximum atomic E-state index is 5.73. The van der Waals surface area contributed by atoms with Gasteiger partial charge in [0.1, 0.15) is 18.2 Å². The maximum Gasteiger partial charge on any atom is 0.119 e. The molecule has 0 radical (unpaired) electrons. The second-order valence-electron chi connectivity index (χ2n) is 4.46. The molecule has 0 aliphatic rings. The minimum absolute atomic E-state index is 0.644. The molecule has 0 fully saturated rings. The molecular formula is C16H16N2O. The average molecular weight is 252 g/mol. The van der Waals surface area contributed by atoms with Crippen LogP contribution in [0.3, 0.4) is 0 Å². The van der Waals surface area contributed by atoms with Crippen LogP contribution in [-0.4, -0.2) is 16.2 Å². The number of hydrogen-bond donors (Lipinski definition) is 0. The first-order valence-electron chi connectivity index (χ1n) is 6.44. The first-order valence-corrected chi connectivity index (χ1v) is 6.44. The molecule has 19 heavy (non-hydrogen) atoms. The standard InChI is InChI=1S/C16H16N2O/c1-13-17-15-9-5-6-10-16(15)18(13)11-12-19-14-7-3-2-4-8-14/h2-10H,11-12H2,1H3. The molecule has 0 aliphatic carbocycles. The van der Waals surface area contributed by atoms with Crippen molar-refractivity contribution in [2.24, 2.45) is 0 Å². The summed E-state index contributed by atoms with van der Waals surface area (Å²) in [6.07, 6.45) is 0. The minimum atomic E-state index is 0.644. The molecule has 0 spiro atoms. The lowest BCUT2D eigenvalue weighted by molar-refractivity contribution is 0.299. The first-order chi connectivity index (χ1) is 9.34. The van der Waals surface area contributed by atoms with Crippen LogP contribution in [0.5, 0.6) is 5.75 Å². The van der Waals surface area contributed by atoms with Crippen LogP contribution in [0.1, 0.15) is 5.82 Å². The lowest BCUT2D eigenvalue weighted by atomic mass is 10.3. The fraction of sp³-hybridized carbons (Fsp3) is 0.188. The molecule has 3 heteroatoms. The zero-order valence-electron chi connectivity index (χ0n) is 10.9. The van der Waals surface area contributed by atoms with Crippen molar-refractivity contribution in [3.63, 3.8) is 0 Å². The van der Waals surface area contributed by atoms with E-state index >= 15 is 0 Å². The number of aromatic nitrogens is 2. The van der Waals surface area contributed by atoms with Gasteiger partial charge in [-0.25, -0.2) is 4.98 Å². The molecular weight excluding hydrogens is 236 g/mol. The number of imidazole rings is 1. The van der Waals surface area contributed by atoms with Gasteiger partial charge in [-0.3, -0.25) is 0 Å². The monoisotopic (exact) mass is 252 g/mol. The highest BCUT2D eigenvalue weighted by atomic mass is 16.5. The van der Waals surface area contributed by atoms with Crippen molar-refractivity contribution in [2.45, 2.75) is 13.5 Å². The van der Waals surface area contributed by atoms with Gasteiger partial charge in [-0.15, -0.1) is 0 Å². The van der Waals surface area contributed by atoms with Crippen LogP contribution in [0.2, 0.25) is 0 Å². The fourth-order valence-corrected chi connectivity index (χ4v) is 2.25. The predicted molar refractivity (Wildman–Crippen MR) is 76.4 cm³/mol. The first kappa shape index (κ1) is 11.8. The van der Waals surface area contributed by atoms with Gasteiger partial charge in [-0.1, -0.05) is 30.3 Å². The zero-order valence-corrected chi connectivity index (χ0v) is 10.9. The van der Waals surface area contributed by atoms with Gasteiger partial charge in [0.05, 0.1) is 17.6 Å². The Morgan fingerprint density at radius 2 is 1.74 bits per heavy atom. The second kappa shape index (κ2) is 5.14. The summed E-state index contributed by atoms with van der Waals surface area (Å²) in [5, 5.41) is 0. The number of benzene rings is 2. The molecule has 0 saturated carbocycles. The largest absolute Gasteiger partial charge is 0.492 e. The van der Waals surface area contributed by atoms with Gasteiger partial charge in [0.25, 0.3) is 0 Å². The van der Waals surface area contributed by atoms with Gasteiger partial charge in [0, 0.05) is 0 Å². The molecule has 3 aromatic rings. The molecule has 3 nitrogen and oxygen atoms in total. The summed E-state index contributed by atoms with van der Waals surface area (Å²) >= 11 is 0. The molecule has 1 heterocycles. The van der Waals surface area contributed by atoms with Crippen molar-refractivity contribution < 1.29 is 4.74 Å². The fourth-order valence-electron chi connectivity index (χ4n) is 2.25. The van der Waals surface area contributed by atoms with E-state index in [1.54, 1.807) is 0 Å². The minimum Gasteiger partial charge on any atom is -0.492 e. The topological polar surface area (TPSA) is 27.1 Å². The highest BCUT2D eigenvalue weighted by Gasteiger charge is 2.06. The van der Waals surface area contributed by atoms with Gasteiger partial charge < -0.3 is 9.30 Å². The molecule has 0 N–H and O–H groups in total. The van der Waals surface area contributed by atoms with E-state index in [4.69, 9.17) is 4.74 Å². The van der Waals surface area contributed by atoms with E-state index in [1.165, 1.54) is 0 Å². The molecule has 0 atom stereocenters. The number of hydrogen-bond acceptors (Lipinski definition) is 2. The summed E-state index contributed by atoms with van der Waals surface area (Å²) in [5.41, 5.74) is 2.20. The second-order valence-corrected chi connectivity index (χ2v) is 4.46. The quantitative estimate of drug-likeness (QED) is 0.711. The van der Waals surface area contributed by atoms with E-state index in [1.807, 2.05) is 55.5 Å². The van der Waals surface area contributed by atoms with Crippen molar-refractivity contribution in [1.29, 1.82) is 0 Å². The van der Waals surface area contributed by atoms with Crippen LogP contribution < -0.4 is 4.74 Å². The Balaban J connectivity index is 1.73. The maximum absolute atomic E-state index is 5.73. The Morgan fingerprint density at radius 1 is 1.00 bits per heavy atom. The summed E-state index contributed by atoms with van der Waals surface area (Å²) in [6.45, 7) is 3.48. The molecule has 96 valence electrons. The van der Waals surface area contributed by atoms with Crippen LogP contribution >= 0.6 is 0 Å². The number of nitrogens with zero attached hydrogens (tertiary/aromatic N) is 2. The smallest absolute Gasteiger partial charge is 0.119 e. The molecule has 2 aromatic carbocycles. The van der Waals surface area contributed by atoms with E-state index in [0.717, 1.165) is 29.2 Å². The van der Waals surface area contributed by atoms with Gasteiger partial charge >= 0.3 is 0 Å². The van der Waals surface area contributed by atoms with E-state index in [9.17, 15) is 0 Å². The Morgan fingerprint density at radius 3 is 2.58 bits per heavy atom. The number of fused-ring (bicyclic) bond motifs is 1. The van der Waals surface area contributed by atoms with Crippen molar-refractivity contribution in [3.8, 4) is 5.75 Å². The number of ether oxygens (including phenoxy) is 1. The molecule has 0 amide bonds. The Labute approximate surface area is 112 Å². The Kier molecular flexibility index (Phi) is 3.19. The number of para-hydroxylation sites is 3. The third kappa shape index (κ3) is 2.45. The van der Waals surface area contributed by atoms with E-state index in [0.29, 0.717) is 6.61 Å². The highest BCUT2D eigenvalue weighted by Crippen LogP contribution is 2.15. The summed E-state index contributed by atoms with van der Waals surface area (Å²) in [6, 6.07) is 18.1. The average Bonchev–Trinajstić information content (AvgIpc) is 2.76. The van der Waals surface area contributed by atoms with E-state index in [2.05, 4.69) is 15.6 Å². The lowest BCUT2D eigenvalue weighted by Crippen LogP contribution is -2.09. The molecule has 0 bridgehead atoms. The molecule has 0 unspecified atom stereocenters. The molecule has 3 rings (SSSR count). The van der Waals surface area contributed by atoms with Crippen molar-refractivity contribution in [1.82, 2.24) is 9.55 Å². The van der Waals surface area contributed by atoms with E-state index < -0.39 is 0 Å². The van der Waals surface area contributed by atoms with Crippen LogP contribution in [0.25, 0.3) is 11.0 Å². The SMILES string of the molecule is Cc1nc2ccccc2n1CCOc1ccccc1. The van der Waals surface area contributed by atoms with Crippen molar-refractivity contribution in [3.05, 3.63) is 60.4 Å². The van der Waals surface area contributed by atoms with Crippen molar-refractivity contribution in [2.75, 3.05) is 6.61 Å². The lowest BCUT2D eigenvalue weighted by Gasteiger charge is -2.09. The molecule has 0 aliphatic heterocycles. The number of rotatable bonds is 4. The Hall–Kier alpha value is -2.29. The van der Waals surface area contributed by atoms with Gasteiger partial charge in [-0.05, 0) is 31.2 Å². The summed E-state index contributed by atoms with van der Waals surface area (Å²) < 4.78 is 7.93. The summed E-state index contributed by atoms with van der Waals surface area (Å²) in [7, 11) is 0. The summed E-state index contributed by atoms with van der Waals surface area (Å²) in [5.74, 6) is 1.93. The van der Waals surface area contributed by atoms with Crippen LogP contribution in [-0.2, 0) is 6.54 Å². The van der Waals surface area contributed by atoms with Crippen LogP contribution in [0.15, 0.2) is 54.6 Å². The third-order valence-corrected chi connectivity index (χ3v) is 3.17. The van der Waals surface area contributed by atoms with Gasteiger partial charge in [0.2, 0.25) is 0 Å². The van der Waals surface area contributed by atoms with Crippen LogP contribution in [0.4, 0.5) is 0 Å². The zero-order chi connectivity index (χ0) is 13.1. The molecule has 1 aromatic heterocycles. The van der Waals surface area contributed by atoms with Crippen LogP contribution in [0, 0.1) is 6.92 Å². The van der Waals surface area contributed by atoms with Gasteiger partial charge in [-0.2, -0.15) is 0 Å². The van der Waals surface area contributed by atoms with Crippen molar-refractivity contribution >= 4 is 11.0 Å². The Bertz CT molecular complexity index is 674. The van der Waals surface area contributed by atoms with E-state index in [-0.39, 0.29) is 0 Å².